The van der Waals surface area contributed by atoms with Crippen molar-refractivity contribution in [2.75, 3.05) is 25.0 Å². The Morgan fingerprint density at radius 2 is 2.25 bits per heavy atom. The van der Waals surface area contributed by atoms with E-state index in [-0.39, 0.29) is 11.8 Å². The molecule has 1 saturated carbocycles. The average Bonchev–Trinajstić information content (AvgIpc) is 3.06. The number of likely N-dealkylation sites (tertiary alicyclic amines) is 1. The Hall–Kier alpha value is -1.55. The first-order chi connectivity index (χ1) is 11.6. The summed E-state index contributed by atoms with van der Waals surface area (Å²) >= 11 is 0. The minimum Gasteiger partial charge on any atom is -0.390 e. The summed E-state index contributed by atoms with van der Waals surface area (Å²) < 4.78 is 0. The second kappa shape index (κ2) is 6.07. The summed E-state index contributed by atoms with van der Waals surface area (Å²) in [5, 5.41) is 14.4. The van der Waals surface area contributed by atoms with Crippen LogP contribution in [-0.2, 0) is 6.42 Å². The van der Waals surface area contributed by atoms with E-state index in [9.17, 15) is 9.90 Å². The van der Waals surface area contributed by atoms with Crippen LogP contribution >= 0.6 is 0 Å². The summed E-state index contributed by atoms with van der Waals surface area (Å²) in [5.41, 5.74) is 2.53. The second-order valence-electron chi connectivity index (χ2n) is 7.80. The molecule has 0 bridgehead atoms. The van der Waals surface area contributed by atoms with Crippen molar-refractivity contribution < 1.29 is 9.90 Å². The molecular formula is C20H28N2O2. The van der Waals surface area contributed by atoms with Gasteiger partial charge in [0, 0.05) is 25.6 Å². The molecule has 3 atom stereocenters. The summed E-state index contributed by atoms with van der Waals surface area (Å²) in [4.78, 5) is 15.2. The second-order valence-corrected chi connectivity index (χ2v) is 7.80. The average molecular weight is 328 g/mol. The third-order valence-electron chi connectivity index (χ3n) is 6.52. The van der Waals surface area contributed by atoms with Crippen molar-refractivity contribution in [2.24, 2.45) is 11.8 Å². The standard InChI is InChI=1S/C20H28N2O2/c1-2-20(24)10-4-7-15-12-22(13-17(15)20)19(23)16-9-3-6-14-8-5-11-21-18(14)16/h3,6,9,15,17,21,24H,2,4-5,7-8,10-13H2,1H3/t15-,17+,20-/m0/s1. The molecule has 0 unspecified atom stereocenters. The van der Waals surface area contributed by atoms with Crippen LogP contribution in [0.5, 0.6) is 0 Å². The molecule has 4 heteroatoms. The number of carbonyl (C=O) groups excluding carboxylic acids is 1. The Morgan fingerprint density at radius 1 is 1.38 bits per heavy atom. The van der Waals surface area contributed by atoms with Crippen LogP contribution in [-0.4, -0.2) is 41.1 Å². The largest absolute Gasteiger partial charge is 0.390 e. The number of hydrogen-bond donors (Lipinski definition) is 2. The Labute approximate surface area is 144 Å². The Morgan fingerprint density at radius 3 is 3.08 bits per heavy atom. The van der Waals surface area contributed by atoms with Crippen LogP contribution in [0, 0.1) is 11.8 Å². The molecule has 24 heavy (non-hydrogen) atoms. The summed E-state index contributed by atoms with van der Waals surface area (Å²) in [7, 11) is 0. The molecule has 1 saturated heterocycles. The van der Waals surface area contributed by atoms with E-state index in [0.29, 0.717) is 12.5 Å². The number of aliphatic hydroxyl groups is 1. The zero-order valence-electron chi connectivity index (χ0n) is 14.6. The quantitative estimate of drug-likeness (QED) is 0.877. The molecule has 4 nitrogen and oxygen atoms in total. The first kappa shape index (κ1) is 15.9. The van der Waals surface area contributed by atoms with E-state index in [0.717, 1.165) is 62.9 Å². The van der Waals surface area contributed by atoms with Crippen molar-refractivity contribution in [2.45, 2.75) is 51.0 Å². The molecule has 2 N–H and O–H groups in total. The van der Waals surface area contributed by atoms with Gasteiger partial charge in [-0.1, -0.05) is 25.5 Å². The van der Waals surface area contributed by atoms with Gasteiger partial charge in [0.05, 0.1) is 16.9 Å². The van der Waals surface area contributed by atoms with Gasteiger partial charge in [-0.15, -0.1) is 0 Å². The molecule has 130 valence electrons. The van der Waals surface area contributed by atoms with Crippen molar-refractivity contribution in [3.05, 3.63) is 29.3 Å². The summed E-state index contributed by atoms with van der Waals surface area (Å²) in [6, 6.07) is 6.08. The van der Waals surface area contributed by atoms with Crippen molar-refractivity contribution in [3.63, 3.8) is 0 Å². The van der Waals surface area contributed by atoms with Crippen LogP contribution in [0.1, 0.15) is 54.9 Å². The molecular weight excluding hydrogens is 300 g/mol. The fourth-order valence-corrected chi connectivity index (χ4v) is 5.09. The number of para-hydroxylation sites is 1. The van der Waals surface area contributed by atoms with E-state index in [1.807, 2.05) is 17.0 Å². The molecule has 3 aliphatic rings. The Balaban J connectivity index is 1.58. The van der Waals surface area contributed by atoms with Gasteiger partial charge in [0.25, 0.3) is 5.91 Å². The van der Waals surface area contributed by atoms with Gasteiger partial charge in [0.15, 0.2) is 0 Å². The van der Waals surface area contributed by atoms with E-state index >= 15 is 0 Å². The van der Waals surface area contributed by atoms with E-state index in [1.54, 1.807) is 0 Å². The van der Waals surface area contributed by atoms with Gasteiger partial charge in [0.2, 0.25) is 0 Å². The highest BCUT2D eigenvalue weighted by molar-refractivity contribution is 6.00. The third-order valence-corrected chi connectivity index (χ3v) is 6.52. The van der Waals surface area contributed by atoms with Crippen molar-refractivity contribution >= 4 is 11.6 Å². The molecule has 0 spiro atoms. The molecule has 1 aromatic carbocycles. The third kappa shape index (κ3) is 2.52. The van der Waals surface area contributed by atoms with E-state index in [1.165, 1.54) is 5.56 Å². The summed E-state index contributed by atoms with van der Waals surface area (Å²) in [6.07, 6.45) is 6.07. The number of nitrogens with one attached hydrogen (secondary N) is 1. The number of hydrogen-bond acceptors (Lipinski definition) is 3. The molecule has 0 radical (unpaired) electrons. The Kier molecular flexibility index (Phi) is 4.03. The van der Waals surface area contributed by atoms with Crippen molar-refractivity contribution in [1.82, 2.24) is 4.90 Å². The molecule has 0 aromatic heterocycles. The molecule has 1 amide bonds. The van der Waals surface area contributed by atoms with Gasteiger partial charge >= 0.3 is 0 Å². The van der Waals surface area contributed by atoms with Gasteiger partial charge in [-0.05, 0) is 49.7 Å². The lowest BCUT2D eigenvalue weighted by molar-refractivity contribution is -0.0609. The summed E-state index contributed by atoms with van der Waals surface area (Å²) in [6.45, 7) is 4.52. The maximum atomic E-state index is 13.2. The highest BCUT2D eigenvalue weighted by Crippen LogP contribution is 2.44. The lowest BCUT2D eigenvalue weighted by Gasteiger charge is -2.40. The van der Waals surface area contributed by atoms with Crippen LogP contribution in [0.2, 0.25) is 0 Å². The van der Waals surface area contributed by atoms with Gasteiger partial charge < -0.3 is 15.3 Å². The number of aryl methyl sites for hydroxylation is 1. The van der Waals surface area contributed by atoms with Crippen molar-refractivity contribution in [3.8, 4) is 0 Å². The fraction of sp³-hybridized carbons (Fsp3) is 0.650. The number of anilines is 1. The van der Waals surface area contributed by atoms with Gasteiger partial charge in [0.1, 0.15) is 0 Å². The predicted octanol–water partition coefficient (Wildman–Crippen LogP) is 3.06. The van der Waals surface area contributed by atoms with E-state index in [2.05, 4.69) is 18.3 Å². The van der Waals surface area contributed by atoms with Crippen LogP contribution < -0.4 is 5.32 Å². The van der Waals surface area contributed by atoms with Crippen LogP contribution in [0.4, 0.5) is 5.69 Å². The zero-order chi connectivity index (χ0) is 16.7. The van der Waals surface area contributed by atoms with Crippen LogP contribution in [0.3, 0.4) is 0 Å². The van der Waals surface area contributed by atoms with Gasteiger partial charge in [-0.2, -0.15) is 0 Å². The fourth-order valence-electron chi connectivity index (χ4n) is 5.09. The molecule has 2 fully saturated rings. The maximum Gasteiger partial charge on any atom is 0.255 e. The lowest BCUT2D eigenvalue weighted by atomic mass is 9.69. The lowest BCUT2D eigenvalue weighted by Crippen LogP contribution is -2.44. The highest BCUT2D eigenvalue weighted by atomic mass is 16.3. The number of benzene rings is 1. The maximum absolute atomic E-state index is 13.2. The number of amides is 1. The molecule has 1 aromatic rings. The smallest absolute Gasteiger partial charge is 0.255 e. The zero-order valence-corrected chi connectivity index (χ0v) is 14.6. The summed E-state index contributed by atoms with van der Waals surface area (Å²) in [5.74, 6) is 0.835. The van der Waals surface area contributed by atoms with Gasteiger partial charge in [-0.25, -0.2) is 0 Å². The first-order valence-electron chi connectivity index (χ1n) is 9.50. The number of rotatable bonds is 2. The van der Waals surface area contributed by atoms with Crippen molar-refractivity contribution in [1.29, 1.82) is 0 Å². The molecule has 2 aliphatic heterocycles. The van der Waals surface area contributed by atoms with Gasteiger partial charge in [-0.3, -0.25) is 4.79 Å². The molecule has 2 heterocycles. The Bertz CT molecular complexity index is 645. The molecule has 1 aliphatic carbocycles. The number of carbonyl (C=O) groups is 1. The van der Waals surface area contributed by atoms with E-state index < -0.39 is 5.60 Å². The van der Waals surface area contributed by atoms with Crippen LogP contribution in [0.15, 0.2) is 18.2 Å². The monoisotopic (exact) mass is 328 g/mol. The first-order valence-corrected chi connectivity index (χ1v) is 9.50. The minimum atomic E-state index is -0.577. The molecule has 4 rings (SSSR count). The topological polar surface area (TPSA) is 52.6 Å². The SMILES string of the molecule is CC[C@]1(O)CCC[C@H]2CN(C(=O)c3cccc4c3NCCC4)C[C@H]21. The normalized spacial score (nSPS) is 32.0. The number of fused-ring (bicyclic) bond motifs is 2. The minimum absolute atomic E-state index is 0.133. The number of nitrogens with zero attached hydrogens (tertiary/aromatic N) is 1. The highest BCUT2D eigenvalue weighted by Gasteiger charge is 2.48. The van der Waals surface area contributed by atoms with E-state index in [4.69, 9.17) is 0 Å². The predicted molar refractivity (Wildman–Crippen MR) is 95.2 cm³/mol. The van der Waals surface area contributed by atoms with Crippen LogP contribution in [0.25, 0.3) is 0 Å².